The maximum Gasteiger partial charge on any atom is 0.236 e. The molecule has 0 aliphatic heterocycles. The third-order valence-electron chi connectivity index (χ3n) is 3.15. The Morgan fingerprint density at radius 2 is 1.62 bits per heavy atom. The summed E-state index contributed by atoms with van der Waals surface area (Å²) in [4.78, 5) is 0. The number of unbranched alkanes of at least 4 members (excludes halogenated alkanes) is 1. The summed E-state index contributed by atoms with van der Waals surface area (Å²) in [5, 5.41) is 0.759. The second-order valence-corrected chi connectivity index (χ2v) is 7.23. The van der Waals surface area contributed by atoms with Crippen molar-refractivity contribution in [2.45, 2.75) is 19.0 Å². The van der Waals surface area contributed by atoms with E-state index in [2.05, 4.69) is 5.92 Å². The van der Waals surface area contributed by atoms with Crippen molar-refractivity contribution in [1.29, 1.82) is 0 Å². The molecule has 108 valence electrons. The van der Waals surface area contributed by atoms with E-state index in [4.69, 9.17) is 10.9 Å². The quantitative estimate of drug-likeness (QED) is 0.434. The fraction of sp³-hybridized carbons (Fsp3) is 0.222. The van der Waals surface area contributed by atoms with Crippen LogP contribution < -0.4 is 5.30 Å². The zero-order valence-corrected chi connectivity index (χ0v) is 12.8. The molecule has 2 aromatic carbocycles. The summed E-state index contributed by atoms with van der Waals surface area (Å²) in [5.41, 5.74) is 1.02. The molecular weight excluding hydrogens is 279 g/mol. The first-order valence-electron chi connectivity index (χ1n) is 7.01. The molecule has 2 nitrogen and oxygen atoms in total. The lowest BCUT2D eigenvalue weighted by Gasteiger charge is -2.19. The average Bonchev–Trinajstić information content (AvgIpc) is 2.53. The van der Waals surface area contributed by atoms with E-state index in [1.165, 1.54) is 0 Å². The molecule has 0 saturated heterocycles. The molecule has 0 spiro atoms. The van der Waals surface area contributed by atoms with Gasteiger partial charge in [0.1, 0.15) is 0 Å². The van der Waals surface area contributed by atoms with Crippen molar-refractivity contribution < 1.29 is 9.09 Å². The minimum absolute atomic E-state index is 0.411. The fourth-order valence-electron chi connectivity index (χ4n) is 2.08. The molecule has 0 amide bonds. The van der Waals surface area contributed by atoms with E-state index in [1.54, 1.807) is 0 Å². The number of rotatable bonds is 7. The predicted octanol–water partition coefficient (Wildman–Crippen LogP) is 4.22. The molecular formula is C18H19O2P. The number of benzene rings is 2. The molecule has 1 atom stereocenters. The summed E-state index contributed by atoms with van der Waals surface area (Å²) in [6.45, 7) is 0.420. The van der Waals surface area contributed by atoms with Crippen molar-refractivity contribution in [3.05, 3.63) is 66.2 Å². The number of hydrogen-bond acceptors (Lipinski definition) is 2. The Hall–Kier alpha value is -1.81. The van der Waals surface area contributed by atoms with Crippen molar-refractivity contribution in [3.8, 4) is 12.3 Å². The van der Waals surface area contributed by atoms with Crippen LogP contribution in [-0.2, 0) is 15.3 Å². The van der Waals surface area contributed by atoms with Crippen molar-refractivity contribution in [2.24, 2.45) is 0 Å². The molecule has 0 saturated carbocycles. The molecule has 2 aromatic rings. The van der Waals surface area contributed by atoms with Gasteiger partial charge in [0.05, 0.1) is 12.8 Å². The Morgan fingerprint density at radius 3 is 2.24 bits per heavy atom. The van der Waals surface area contributed by atoms with E-state index in [9.17, 15) is 4.57 Å². The van der Waals surface area contributed by atoms with E-state index in [-0.39, 0.29) is 0 Å². The van der Waals surface area contributed by atoms with Crippen LogP contribution in [0.5, 0.6) is 0 Å². The van der Waals surface area contributed by atoms with Crippen LogP contribution in [0.4, 0.5) is 0 Å². The second kappa shape index (κ2) is 7.84. The molecule has 0 heterocycles. The van der Waals surface area contributed by atoms with Gasteiger partial charge in [-0.2, -0.15) is 0 Å². The highest BCUT2D eigenvalue weighted by molar-refractivity contribution is 7.66. The van der Waals surface area contributed by atoms with E-state index >= 15 is 0 Å². The lowest BCUT2D eigenvalue weighted by molar-refractivity contribution is 0.315. The molecule has 21 heavy (non-hydrogen) atoms. The molecule has 0 fully saturated rings. The molecule has 0 aromatic heterocycles. The van der Waals surface area contributed by atoms with E-state index in [0.29, 0.717) is 19.2 Å². The second-order valence-electron chi connectivity index (χ2n) is 4.79. The van der Waals surface area contributed by atoms with Crippen molar-refractivity contribution in [1.82, 2.24) is 0 Å². The van der Waals surface area contributed by atoms with Gasteiger partial charge in [0.25, 0.3) is 0 Å². The van der Waals surface area contributed by atoms with Crippen molar-refractivity contribution in [3.63, 3.8) is 0 Å². The zero-order chi connectivity index (χ0) is 15.0. The summed E-state index contributed by atoms with van der Waals surface area (Å²) >= 11 is 0. The van der Waals surface area contributed by atoms with Crippen LogP contribution in [0.2, 0.25) is 0 Å². The summed E-state index contributed by atoms with van der Waals surface area (Å²) in [6.07, 6.45) is 7.01. The maximum atomic E-state index is 13.3. The first-order valence-corrected chi connectivity index (χ1v) is 8.82. The van der Waals surface area contributed by atoms with E-state index in [1.807, 2.05) is 60.7 Å². The smallest absolute Gasteiger partial charge is 0.236 e. The van der Waals surface area contributed by atoms with Gasteiger partial charge in [0.15, 0.2) is 0 Å². The highest BCUT2D eigenvalue weighted by Gasteiger charge is 2.26. The molecule has 0 radical (unpaired) electrons. The van der Waals surface area contributed by atoms with Crippen LogP contribution in [0, 0.1) is 12.3 Å². The standard InChI is InChI=1S/C18H19O2P/c1-2-3-10-15-20-21(19,18-13-8-5-9-14-18)16-17-11-6-4-7-12-17/h1,4-9,11-14H,3,10,15-16H2. The SMILES string of the molecule is C#CCCCOP(=O)(Cc1ccccc1)c1ccccc1. The molecule has 1 unspecified atom stereocenters. The number of hydrogen-bond donors (Lipinski definition) is 0. The van der Waals surface area contributed by atoms with E-state index < -0.39 is 7.37 Å². The minimum atomic E-state index is -2.90. The van der Waals surface area contributed by atoms with Gasteiger partial charge in [0.2, 0.25) is 7.37 Å². The largest absolute Gasteiger partial charge is 0.325 e. The Morgan fingerprint density at radius 1 is 1.00 bits per heavy atom. The highest BCUT2D eigenvalue weighted by Crippen LogP contribution is 2.49. The van der Waals surface area contributed by atoms with Crippen LogP contribution >= 0.6 is 7.37 Å². The fourth-order valence-corrected chi connectivity index (χ4v) is 4.24. The number of terminal acetylenes is 1. The lowest BCUT2D eigenvalue weighted by atomic mass is 10.2. The molecule has 2 rings (SSSR count). The summed E-state index contributed by atoms with van der Waals surface area (Å²) in [7, 11) is -2.90. The highest BCUT2D eigenvalue weighted by atomic mass is 31.2. The summed E-state index contributed by atoms with van der Waals surface area (Å²) in [6, 6.07) is 19.2. The maximum absolute atomic E-state index is 13.3. The van der Waals surface area contributed by atoms with Gasteiger partial charge < -0.3 is 4.52 Å². The van der Waals surface area contributed by atoms with Gasteiger partial charge in [-0.3, -0.25) is 4.57 Å². The Labute approximate surface area is 126 Å². The summed E-state index contributed by atoms with van der Waals surface area (Å²) < 4.78 is 19.1. The van der Waals surface area contributed by atoms with Crippen LogP contribution in [0.1, 0.15) is 18.4 Å². The van der Waals surface area contributed by atoms with Gasteiger partial charge in [-0.15, -0.1) is 12.3 Å². The van der Waals surface area contributed by atoms with Crippen LogP contribution in [-0.4, -0.2) is 6.61 Å². The first-order chi connectivity index (χ1) is 10.2. The third kappa shape index (κ3) is 4.60. The average molecular weight is 298 g/mol. The summed E-state index contributed by atoms with van der Waals surface area (Å²) in [5.74, 6) is 2.57. The lowest BCUT2D eigenvalue weighted by Crippen LogP contribution is -2.10. The molecule has 0 aliphatic carbocycles. The Balaban J connectivity index is 2.18. The van der Waals surface area contributed by atoms with Gasteiger partial charge in [-0.25, -0.2) is 0 Å². The molecule has 3 heteroatoms. The van der Waals surface area contributed by atoms with Gasteiger partial charge >= 0.3 is 0 Å². The van der Waals surface area contributed by atoms with Crippen LogP contribution in [0.25, 0.3) is 0 Å². The normalized spacial score (nSPS) is 13.3. The van der Waals surface area contributed by atoms with E-state index in [0.717, 1.165) is 17.3 Å². The van der Waals surface area contributed by atoms with Gasteiger partial charge in [-0.1, -0.05) is 48.5 Å². The minimum Gasteiger partial charge on any atom is -0.325 e. The van der Waals surface area contributed by atoms with Crippen LogP contribution in [0.3, 0.4) is 0 Å². The molecule has 0 bridgehead atoms. The Bertz CT molecular complexity index is 629. The topological polar surface area (TPSA) is 26.3 Å². The monoisotopic (exact) mass is 298 g/mol. The van der Waals surface area contributed by atoms with Crippen molar-refractivity contribution in [2.75, 3.05) is 6.61 Å². The van der Waals surface area contributed by atoms with Gasteiger partial charge in [0, 0.05) is 11.7 Å². The predicted molar refractivity (Wildman–Crippen MR) is 87.8 cm³/mol. The van der Waals surface area contributed by atoms with Gasteiger partial charge in [-0.05, 0) is 24.1 Å². The Kier molecular flexibility index (Phi) is 5.81. The first kappa shape index (κ1) is 15.6. The van der Waals surface area contributed by atoms with Crippen LogP contribution in [0.15, 0.2) is 60.7 Å². The zero-order valence-electron chi connectivity index (χ0n) is 11.9. The third-order valence-corrected chi connectivity index (χ3v) is 5.61. The molecule has 0 aliphatic rings. The van der Waals surface area contributed by atoms with Crippen molar-refractivity contribution >= 4 is 12.7 Å². The molecule has 0 N–H and O–H groups in total.